The summed E-state index contributed by atoms with van der Waals surface area (Å²) in [6.07, 6.45) is 0.162. The summed E-state index contributed by atoms with van der Waals surface area (Å²) in [5.41, 5.74) is 6.08. The minimum Gasteiger partial charge on any atom is -0.460 e. The normalized spacial score (nSPS) is 17.6. The first-order valence-corrected chi connectivity index (χ1v) is 13.2. The number of amides is 1. The molecule has 0 fully saturated rings. The molecule has 0 unspecified atom stereocenters. The van der Waals surface area contributed by atoms with Gasteiger partial charge in [-0.25, -0.2) is 9.79 Å². The highest BCUT2D eigenvalue weighted by atomic mass is 32.2. The third kappa shape index (κ3) is 5.97. The van der Waals surface area contributed by atoms with Gasteiger partial charge in [-0.05, 0) is 49.8 Å². The number of carbonyl (C=O) groups is 2. The summed E-state index contributed by atoms with van der Waals surface area (Å²) in [4.78, 5) is 33.2. The SMILES string of the molecule is COCCOC(=O)C1=C(C)N=C2SC=C(CC(=O)N[C@H](C)c3ccccc3)N2[C@H]1c1ccc(C)cc1C. The molecule has 0 aromatic heterocycles. The number of benzene rings is 2. The number of fused-ring (bicyclic) bond motifs is 1. The third-order valence-electron chi connectivity index (χ3n) is 6.48. The minimum atomic E-state index is -0.455. The number of methoxy groups -OCH3 is 1. The number of aliphatic imine (C=N–C) groups is 1. The fourth-order valence-electron chi connectivity index (χ4n) is 4.63. The number of rotatable bonds is 9. The lowest BCUT2D eigenvalue weighted by Crippen LogP contribution is -2.38. The van der Waals surface area contributed by atoms with Gasteiger partial charge in [-0.3, -0.25) is 4.79 Å². The Morgan fingerprint density at radius 1 is 1.11 bits per heavy atom. The summed E-state index contributed by atoms with van der Waals surface area (Å²) >= 11 is 1.47. The smallest absolute Gasteiger partial charge is 0.338 e. The van der Waals surface area contributed by atoms with Crippen LogP contribution in [0.2, 0.25) is 0 Å². The van der Waals surface area contributed by atoms with Gasteiger partial charge in [0.05, 0.1) is 36.4 Å². The molecule has 0 bridgehead atoms. The molecule has 37 heavy (non-hydrogen) atoms. The second kappa shape index (κ2) is 11.8. The van der Waals surface area contributed by atoms with Gasteiger partial charge < -0.3 is 19.7 Å². The predicted molar refractivity (Wildman–Crippen MR) is 147 cm³/mol. The maximum absolute atomic E-state index is 13.3. The summed E-state index contributed by atoms with van der Waals surface area (Å²) in [6.45, 7) is 8.35. The summed E-state index contributed by atoms with van der Waals surface area (Å²) in [6, 6.07) is 15.5. The molecule has 0 radical (unpaired) electrons. The van der Waals surface area contributed by atoms with Gasteiger partial charge in [0, 0.05) is 12.8 Å². The van der Waals surface area contributed by atoms with Crippen molar-refractivity contribution in [2.45, 2.75) is 46.2 Å². The van der Waals surface area contributed by atoms with Crippen LogP contribution in [0.1, 0.15) is 54.6 Å². The maximum Gasteiger partial charge on any atom is 0.338 e. The highest BCUT2D eigenvalue weighted by Crippen LogP contribution is 2.45. The van der Waals surface area contributed by atoms with Gasteiger partial charge in [0.15, 0.2) is 5.17 Å². The average molecular weight is 520 g/mol. The van der Waals surface area contributed by atoms with Crippen molar-refractivity contribution in [3.8, 4) is 0 Å². The molecule has 194 valence electrons. The van der Waals surface area contributed by atoms with Gasteiger partial charge in [0.1, 0.15) is 6.61 Å². The number of hydrogen-bond acceptors (Lipinski definition) is 7. The molecule has 2 aromatic carbocycles. The molecular formula is C29H33N3O4S. The highest BCUT2D eigenvalue weighted by Gasteiger charge is 2.41. The van der Waals surface area contributed by atoms with Crippen LogP contribution >= 0.6 is 11.8 Å². The quantitative estimate of drug-likeness (QED) is 0.356. The molecule has 7 nitrogen and oxygen atoms in total. The van der Waals surface area contributed by atoms with Crippen molar-refractivity contribution >= 4 is 28.8 Å². The maximum atomic E-state index is 13.3. The first-order valence-electron chi connectivity index (χ1n) is 12.3. The van der Waals surface area contributed by atoms with Crippen LogP contribution in [-0.2, 0) is 19.1 Å². The number of nitrogens with zero attached hydrogens (tertiary/aromatic N) is 2. The molecule has 0 saturated carbocycles. The van der Waals surface area contributed by atoms with Crippen molar-refractivity contribution in [1.29, 1.82) is 0 Å². The molecule has 1 amide bonds. The monoisotopic (exact) mass is 519 g/mol. The molecule has 2 atom stereocenters. The second-order valence-corrected chi connectivity index (χ2v) is 10.1. The van der Waals surface area contributed by atoms with Crippen LogP contribution in [0.4, 0.5) is 0 Å². The van der Waals surface area contributed by atoms with Crippen LogP contribution in [-0.4, -0.2) is 42.3 Å². The van der Waals surface area contributed by atoms with E-state index in [1.54, 1.807) is 7.11 Å². The van der Waals surface area contributed by atoms with Crippen molar-refractivity contribution < 1.29 is 19.1 Å². The van der Waals surface area contributed by atoms with Crippen LogP contribution in [0.15, 0.2) is 75.9 Å². The summed E-state index contributed by atoms with van der Waals surface area (Å²) < 4.78 is 10.6. The van der Waals surface area contributed by atoms with E-state index in [1.165, 1.54) is 11.8 Å². The number of hydrogen-bond donors (Lipinski definition) is 1. The zero-order chi connectivity index (χ0) is 26.5. The number of ether oxygens (including phenoxy) is 2. The molecule has 0 spiro atoms. The number of allylic oxidation sites excluding steroid dienone is 1. The van der Waals surface area contributed by atoms with Crippen molar-refractivity contribution in [3.05, 3.63) is 93.2 Å². The molecular weight excluding hydrogens is 486 g/mol. The van der Waals surface area contributed by atoms with Crippen LogP contribution in [0, 0.1) is 13.8 Å². The van der Waals surface area contributed by atoms with Gasteiger partial charge in [0.25, 0.3) is 0 Å². The molecule has 4 rings (SSSR count). The molecule has 2 aliphatic heterocycles. The van der Waals surface area contributed by atoms with E-state index in [4.69, 9.17) is 14.5 Å². The molecule has 8 heteroatoms. The van der Waals surface area contributed by atoms with Gasteiger partial charge in [-0.1, -0.05) is 65.9 Å². The second-order valence-electron chi connectivity index (χ2n) is 9.26. The Bertz CT molecular complexity index is 1270. The number of thioether (sulfide) groups is 1. The Hall–Kier alpha value is -3.36. The largest absolute Gasteiger partial charge is 0.460 e. The lowest BCUT2D eigenvalue weighted by molar-refractivity contribution is -0.141. The number of carbonyl (C=O) groups excluding carboxylic acids is 2. The van der Waals surface area contributed by atoms with Crippen LogP contribution in [0.5, 0.6) is 0 Å². The van der Waals surface area contributed by atoms with E-state index < -0.39 is 12.0 Å². The van der Waals surface area contributed by atoms with Gasteiger partial charge in [-0.15, -0.1) is 0 Å². The van der Waals surface area contributed by atoms with Crippen molar-refractivity contribution in [3.63, 3.8) is 0 Å². The van der Waals surface area contributed by atoms with Crippen molar-refractivity contribution in [2.75, 3.05) is 20.3 Å². The number of aryl methyl sites for hydroxylation is 2. The van der Waals surface area contributed by atoms with Crippen LogP contribution in [0.25, 0.3) is 0 Å². The summed E-state index contributed by atoms with van der Waals surface area (Å²) in [5, 5.41) is 5.79. The minimum absolute atomic E-state index is 0.0978. The molecule has 0 saturated heterocycles. The van der Waals surface area contributed by atoms with Crippen molar-refractivity contribution in [2.24, 2.45) is 4.99 Å². The van der Waals surface area contributed by atoms with Crippen LogP contribution in [0.3, 0.4) is 0 Å². The summed E-state index contributed by atoms with van der Waals surface area (Å²) in [5.74, 6) is -0.528. The van der Waals surface area contributed by atoms with Crippen molar-refractivity contribution in [1.82, 2.24) is 10.2 Å². The van der Waals surface area contributed by atoms with E-state index in [1.807, 2.05) is 80.5 Å². The standard InChI is InChI=1S/C29H33N3O4S/c1-18-11-12-24(19(2)15-18)27-26(28(34)36-14-13-35-5)21(4)31-29-32(27)23(17-37-29)16-25(33)30-20(3)22-9-7-6-8-10-22/h6-12,15,17,20,27H,13-14,16H2,1-5H3,(H,30,33)/t20-,27+/m1/s1. The number of esters is 1. The molecule has 1 N–H and O–H groups in total. The summed E-state index contributed by atoms with van der Waals surface area (Å²) in [7, 11) is 1.57. The Kier molecular flexibility index (Phi) is 8.51. The average Bonchev–Trinajstić information content (AvgIpc) is 3.25. The van der Waals surface area contributed by atoms with E-state index in [2.05, 4.69) is 11.4 Å². The fourth-order valence-corrected chi connectivity index (χ4v) is 5.60. The van der Waals surface area contributed by atoms with E-state index in [0.717, 1.165) is 33.1 Å². The Morgan fingerprint density at radius 2 is 1.86 bits per heavy atom. The first-order chi connectivity index (χ1) is 17.8. The molecule has 2 heterocycles. The Labute approximate surface area is 222 Å². The molecule has 2 aliphatic rings. The molecule has 0 aliphatic carbocycles. The first kappa shape index (κ1) is 26.7. The zero-order valence-electron chi connectivity index (χ0n) is 21.9. The van der Waals surface area contributed by atoms with E-state index in [-0.39, 0.29) is 25.0 Å². The third-order valence-corrected chi connectivity index (χ3v) is 7.37. The van der Waals surface area contributed by atoms with Gasteiger partial charge in [-0.2, -0.15) is 0 Å². The number of amidine groups is 1. The topological polar surface area (TPSA) is 80.2 Å². The zero-order valence-corrected chi connectivity index (χ0v) is 22.7. The lowest BCUT2D eigenvalue weighted by Gasteiger charge is -2.37. The van der Waals surface area contributed by atoms with E-state index in [9.17, 15) is 9.59 Å². The fraction of sp³-hybridized carbons (Fsp3) is 0.345. The van der Waals surface area contributed by atoms with Gasteiger partial charge in [0.2, 0.25) is 5.91 Å². The van der Waals surface area contributed by atoms with Crippen LogP contribution < -0.4 is 5.32 Å². The highest BCUT2D eigenvalue weighted by molar-refractivity contribution is 8.16. The van der Waals surface area contributed by atoms with E-state index in [0.29, 0.717) is 17.9 Å². The predicted octanol–water partition coefficient (Wildman–Crippen LogP) is 5.34. The number of nitrogens with one attached hydrogen (secondary N) is 1. The van der Waals surface area contributed by atoms with Gasteiger partial charge >= 0.3 is 5.97 Å². The van der Waals surface area contributed by atoms with E-state index >= 15 is 0 Å². The Morgan fingerprint density at radius 3 is 2.57 bits per heavy atom. The Balaban J connectivity index is 1.64. The lowest BCUT2D eigenvalue weighted by atomic mass is 9.90. The molecule has 2 aromatic rings.